The fourth-order valence-corrected chi connectivity index (χ4v) is 3.59. The molecule has 1 heterocycles. The van der Waals surface area contributed by atoms with Crippen LogP contribution in [0.15, 0.2) is 51.8 Å². The largest absolute Gasteiger partial charge is 0.462 e. The Morgan fingerprint density at radius 1 is 1.25 bits per heavy atom. The Labute approximate surface area is 152 Å². The van der Waals surface area contributed by atoms with Crippen molar-refractivity contribution in [3.05, 3.63) is 47.2 Å². The molecular formula is C19H22O3S2. The lowest BCUT2D eigenvalue weighted by Gasteiger charge is -2.06. The second-order valence-corrected chi connectivity index (χ2v) is 7.14. The maximum absolute atomic E-state index is 11.2. The summed E-state index contributed by atoms with van der Waals surface area (Å²) in [6.45, 7) is 5.70. The van der Waals surface area contributed by atoms with E-state index in [0.717, 1.165) is 42.4 Å². The highest BCUT2D eigenvalue weighted by Gasteiger charge is 2.04. The van der Waals surface area contributed by atoms with E-state index in [0.29, 0.717) is 16.9 Å². The lowest BCUT2D eigenvalue weighted by molar-refractivity contribution is -0.139. The monoisotopic (exact) mass is 362 g/mol. The Hall–Kier alpha value is -1.59. The summed E-state index contributed by atoms with van der Waals surface area (Å²) < 4.78 is 11.2. The summed E-state index contributed by atoms with van der Waals surface area (Å²) >= 11 is 7.00. The first-order valence-corrected chi connectivity index (χ1v) is 9.45. The maximum Gasteiger partial charge on any atom is 0.333 e. The van der Waals surface area contributed by atoms with Crippen molar-refractivity contribution in [3.63, 3.8) is 0 Å². The topological polar surface area (TPSA) is 39.4 Å². The minimum Gasteiger partial charge on any atom is -0.462 e. The van der Waals surface area contributed by atoms with Crippen molar-refractivity contribution < 1.29 is 13.9 Å². The van der Waals surface area contributed by atoms with Crippen LogP contribution in [-0.2, 0) is 9.53 Å². The van der Waals surface area contributed by atoms with Gasteiger partial charge < -0.3 is 9.15 Å². The molecule has 0 N–H and O–H groups in total. The zero-order chi connectivity index (χ0) is 17.4. The highest BCUT2D eigenvalue weighted by atomic mass is 32.2. The Balaban J connectivity index is 1.69. The average molecular weight is 363 g/mol. The number of fused-ring (bicyclic) bond motifs is 1. The van der Waals surface area contributed by atoms with Gasteiger partial charge in [-0.25, -0.2) is 4.79 Å². The van der Waals surface area contributed by atoms with Crippen molar-refractivity contribution in [2.75, 3.05) is 12.4 Å². The highest BCUT2D eigenvalue weighted by Crippen LogP contribution is 2.29. The van der Waals surface area contributed by atoms with Crippen molar-refractivity contribution in [1.29, 1.82) is 0 Å². The van der Waals surface area contributed by atoms with Crippen LogP contribution in [0.2, 0.25) is 0 Å². The molecule has 0 atom stereocenters. The standard InChI is InChI=1S/C19H22O3S2/c1-14(2)19(20)21-11-7-3-4-8-12-24-17-13-18(23)22-16-10-6-5-9-15(16)17/h5-6,9-10,13H,1,3-4,7-8,11-12H2,2H3. The van der Waals surface area contributed by atoms with Crippen molar-refractivity contribution in [2.24, 2.45) is 0 Å². The molecule has 0 fully saturated rings. The molecule has 2 aromatic rings. The van der Waals surface area contributed by atoms with Crippen molar-refractivity contribution in [2.45, 2.75) is 37.5 Å². The third-order valence-corrected chi connectivity index (χ3v) is 4.83. The summed E-state index contributed by atoms with van der Waals surface area (Å²) in [6.07, 6.45) is 4.19. The van der Waals surface area contributed by atoms with E-state index in [9.17, 15) is 4.79 Å². The normalized spacial score (nSPS) is 10.7. The fourth-order valence-electron chi connectivity index (χ4n) is 2.23. The summed E-state index contributed by atoms with van der Waals surface area (Å²) in [4.78, 5) is 12.4. The molecule has 0 saturated heterocycles. The summed E-state index contributed by atoms with van der Waals surface area (Å²) in [5.74, 6) is 0.737. The molecule has 0 spiro atoms. The van der Waals surface area contributed by atoms with Crippen LogP contribution >= 0.6 is 24.0 Å². The van der Waals surface area contributed by atoms with E-state index in [1.165, 1.54) is 4.90 Å². The van der Waals surface area contributed by atoms with Crippen LogP contribution in [0.1, 0.15) is 32.6 Å². The number of benzene rings is 1. The molecule has 0 saturated carbocycles. The zero-order valence-electron chi connectivity index (χ0n) is 13.9. The number of esters is 1. The van der Waals surface area contributed by atoms with E-state index in [2.05, 4.69) is 12.6 Å². The van der Waals surface area contributed by atoms with Gasteiger partial charge in [0.1, 0.15) is 5.58 Å². The van der Waals surface area contributed by atoms with Crippen LogP contribution in [-0.4, -0.2) is 18.3 Å². The van der Waals surface area contributed by atoms with Gasteiger partial charge in [-0.1, -0.05) is 37.6 Å². The maximum atomic E-state index is 11.2. The predicted molar refractivity (Wildman–Crippen MR) is 102 cm³/mol. The number of carbonyl (C=O) groups excluding carboxylic acids is 1. The molecule has 0 amide bonds. The Morgan fingerprint density at radius 3 is 2.79 bits per heavy atom. The van der Waals surface area contributed by atoms with E-state index in [-0.39, 0.29) is 5.97 Å². The van der Waals surface area contributed by atoms with Gasteiger partial charge >= 0.3 is 5.97 Å². The van der Waals surface area contributed by atoms with Crippen LogP contribution in [0, 0.1) is 4.71 Å². The van der Waals surface area contributed by atoms with Gasteiger partial charge in [-0.15, -0.1) is 11.8 Å². The number of thioether (sulfide) groups is 1. The van der Waals surface area contributed by atoms with Crippen molar-refractivity contribution >= 4 is 40.9 Å². The molecule has 0 aliphatic rings. The molecule has 1 aromatic heterocycles. The highest BCUT2D eigenvalue weighted by molar-refractivity contribution is 7.99. The number of rotatable bonds is 9. The van der Waals surface area contributed by atoms with E-state index < -0.39 is 0 Å². The predicted octanol–water partition coefficient (Wildman–Crippen LogP) is 5.93. The van der Waals surface area contributed by atoms with Gasteiger partial charge in [-0.2, -0.15) is 0 Å². The summed E-state index contributed by atoms with van der Waals surface area (Å²) in [6, 6.07) is 9.90. The minimum absolute atomic E-state index is 0.299. The van der Waals surface area contributed by atoms with Crippen molar-refractivity contribution in [3.8, 4) is 0 Å². The molecule has 3 nitrogen and oxygen atoms in total. The molecule has 5 heteroatoms. The van der Waals surface area contributed by atoms with Crippen LogP contribution in [0.4, 0.5) is 0 Å². The third kappa shape index (κ3) is 5.80. The molecule has 24 heavy (non-hydrogen) atoms. The zero-order valence-corrected chi connectivity index (χ0v) is 15.5. The number of ether oxygens (including phenoxy) is 1. The van der Waals surface area contributed by atoms with E-state index in [1.807, 2.05) is 36.0 Å². The van der Waals surface area contributed by atoms with E-state index >= 15 is 0 Å². The number of unbranched alkanes of at least 4 members (excludes halogenated alkanes) is 3. The van der Waals surface area contributed by atoms with E-state index in [4.69, 9.17) is 21.4 Å². The van der Waals surface area contributed by atoms with Gasteiger partial charge in [0, 0.05) is 21.9 Å². The van der Waals surface area contributed by atoms with Gasteiger partial charge in [0.25, 0.3) is 0 Å². The number of para-hydroxylation sites is 1. The minimum atomic E-state index is -0.299. The van der Waals surface area contributed by atoms with Crippen LogP contribution in [0.25, 0.3) is 11.0 Å². The first kappa shape index (κ1) is 18.7. The molecule has 0 unspecified atom stereocenters. The fraction of sp³-hybridized carbons (Fsp3) is 0.368. The molecule has 128 valence electrons. The molecule has 0 radical (unpaired) electrons. The number of hydrogen-bond acceptors (Lipinski definition) is 5. The molecule has 0 bridgehead atoms. The quantitative estimate of drug-likeness (QED) is 0.182. The first-order valence-electron chi connectivity index (χ1n) is 8.06. The second-order valence-electron chi connectivity index (χ2n) is 5.60. The molecule has 0 aliphatic carbocycles. The van der Waals surface area contributed by atoms with Crippen LogP contribution < -0.4 is 0 Å². The van der Waals surface area contributed by atoms with Crippen molar-refractivity contribution in [1.82, 2.24) is 0 Å². The smallest absolute Gasteiger partial charge is 0.333 e. The van der Waals surface area contributed by atoms with Gasteiger partial charge in [-0.05, 0) is 43.8 Å². The number of carbonyl (C=O) groups is 1. The third-order valence-electron chi connectivity index (χ3n) is 3.49. The van der Waals surface area contributed by atoms with Gasteiger partial charge in [-0.3, -0.25) is 0 Å². The average Bonchev–Trinajstić information content (AvgIpc) is 2.56. The van der Waals surface area contributed by atoms with E-state index in [1.54, 1.807) is 6.92 Å². The first-order chi connectivity index (χ1) is 11.6. The summed E-state index contributed by atoms with van der Waals surface area (Å²) in [5.41, 5.74) is 1.29. The lowest BCUT2D eigenvalue weighted by Crippen LogP contribution is -2.06. The molecule has 0 aliphatic heterocycles. The molecule has 2 rings (SSSR count). The molecular weight excluding hydrogens is 340 g/mol. The van der Waals surface area contributed by atoms with Gasteiger partial charge in [0.2, 0.25) is 0 Å². The second kappa shape index (κ2) is 9.64. The van der Waals surface area contributed by atoms with Crippen LogP contribution in [0.3, 0.4) is 0 Å². The Bertz CT molecular complexity index is 765. The summed E-state index contributed by atoms with van der Waals surface area (Å²) in [5, 5.41) is 1.11. The summed E-state index contributed by atoms with van der Waals surface area (Å²) in [7, 11) is 0. The molecule has 1 aromatic carbocycles. The van der Waals surface area contributed by atoms with Crippen LogP contribution in [0.5, 0.6) is 0 Å². The van der Waals surface area contributed by atoms with Gasteiger partial charge in [0.05, 0.1) is 6.61 Å². The number of hydrogen-bond donors (Lipinski definition) is 0. The van der Waals surface area contributed by atoms with Gasteiger partial charge in [0.15, 0.2) is 4.71 Å². The lowest BCUT2D eigenvalue weighted by atomic mass is 10.2. The Morgan fingerprint density at radius 2 is 2.00 bits per heavy atom. The Kier molecular flexibility index (Phi) is 7.53. The SMILES string of the molecule is C=C(C)C(=O)OCCCCCCSc1cc(=S)oc2ccccc12.